The Morgan fingerprint density at radius 2 is 1.96 bits per heavy atom. The molecule has 1 N–H and O–H groups in total. The Bertz CT molecular complexity index is 914. The molecule has 132 valence electrons. The Morgan fingerprint density at radius 3 is 2.69 bits per heavy atom. The summed E-state index contributed by atoms with van der Waals surface area (Å²) in [5, 5.41) is 2.24. The summed E-state index contributed by atoms with van der Waals surface area (Å²) < 4.78 is 5.33. The Hall–Kier alpha value is -3.21. The van der Waals surface area contributed by atoms with Crippen LogP contribution in [0.3, 0.4) is 0 Å². The molecule has 2 amide bonds. The van der Waals surface area contributed by atoms with Crippen LogP contribution in [0.4, 0.5) is 0 Å². The number of nitrogens with one attached hydrogen (secondary N) is 1. The number of aryl methyl sites for hydroxylation is 1. The van der Waals surface area contributed by atoms with Crippen molar-refractivity contribution in [2.75, 3.05) is 0 Å². The first-order chi connectivity index (χ1) is 12.5. The number of allylic oxidation sites excluding steroid dienone is 1. The van der Waals surface area contributed by atoms with E-state index in [9.17, 15) is 14.4 Å². The average molecular weight is 349 g/mol. The number of fused-ring (bicyclic) bond motifs is 1. The van der Waals surface area contributed by atoms with E-state index in [0.717, 1.165) is 17.5 Å². The number of imide groups is 1. The second kappa shape index (κ2) is 7.35. The minimum absolute atomic E-state index is 0.0581. The number of carbonyl (C=O) groups is 3. The van der Waals surface area contributed by atoms with Crippen LogP contribution in [0, 0.1) is 6.92 Å². The van der Waals surface area contributed by atoms with Gasteiger partial charge in [-0.3, -0.25) is 19.7 Å². The fourth-order valence-corrected chi connectivity index (χ4v) is 3.04. The van der Waals surface area contributed by atoms with Crippen molar-refractivity contribution in [3.8, 4) is 0 Å². The topological polar surface area (TPSA) is 72.5 Å². The zero-order valence-electron chi connectivity index (χ0n) is 14.5. The van der Waals surface area contributed by atoms with E-state index in [1.54, 1.807) is 18.2 Å². The van der Waals surface area contributed by atoms with Gasteiger partial charge < -0.3 is 4.74 Å². The Labute approximate surface area is 151 Å². The highest BCUT2D eigenvalue weighted by molar-refractivity contribution is 6.22. The average Bonchev–Trinajstić information content (AvgIpc) is 2.91. The first kappa shape index (κ1) is 17.6. The van der Waals surface area contributed by atoms with Gasteiger partial charge in [0.1, 0.15) is 6.61 Å². The molecular formula is C21H19NO4. The van der Waals surface area contributed by atoms with Crippen LogP contribution in [0.2, 0.25) is 0 Å². The smallest absolute Gasteiger partial charge is 0.310 e. The second-order valence-electron chi connectivity index (χ2n) is 6.21. The summed E-state index contributed by atoms with van der Waals surface area (Å²) in [6.07, 6.45) is 2.59. The highest BCUT2D eigenvalue weighted by Crippen LogP contribution is 2.21. The summed E-state index contributed by atoms with van der Waals surface area (Å²) in [6, 6.07) is 10.8. The highest BCUT2D eigenvalue weighted by atomic mass is 16.5. The van der Waals surface area contributed by atoms with Gasteiger partial charge in [0.05, 0.1) is 17.5 Å². The van der Waals surface area contributed by atoms with Crippen molar-refractivity contribution in [3.63, 3.8) is 0 Å². The van der Waals surface area contributed by atoms with Gasteiger partial charge in [-0.25, -0.2) is 0 Å². The Morgan fingerprint density at radius 1 is 1.15 bits per heavy atom. The molecule has 1 heterocycles. The monoisotopic (exact) mass is 349 g/mol. The molecular weight excluding hydrogens is 330 g/mol. The molecule has 1 aliphatic rings. The van der Waals surface area contributed by atoms with E-state index >= 15 is 0 Å². The number of ether oxygens (including phenoxy) is 1. The number of carbonyl (C=O) groups excluding carboxylic acids is 3. The maximum absolute atomic E-state index is 12.2. The van der Waals surface area contributed by atoms with E-state index in [4.69, 9.17) is 4.74 Å². The lowest BCUT2D eigenvalue weighted by Gasteiger charge is -2.09. The van der Waals surface area contributed by atoms with E-state index in [1.165, 1.54) is 5.56 Å². The summed E-state index contributed by atoms with van der Waals surface area (Å²) in [5.41, 5.74) is 4.26. The fraction of sp³-hybridized carbons (Fsp3) is 0.190. The second-order valence-corrected chi connectivity index (χ2v) is 6.21. The molecule has 0 saturated carbocycles. The minimum atomic E-state index is -0.471. The van der Waals surface area contributed by atoms with Gasteiger partial charge in [0.2, 0.25) is 0 Å². The number of rotatable bonds is 6. The molecule has 5 nitrogen and oxygen atoms in total. The third-order valence-corrected chi connectivity index (χ3v) is 4.36. The molecule has 0 aliphatic carbocycles. The summed E-state index contributed by atoms with van der Waals surface area (Å²) in [5.74, 6) is -1.35. The molecule has 0 unspecified atom stereocenters. The molecule has 0 saturated heterocycles. The lowest BCUT2D eigenvalue weighted by molar-refractivity contribution is -0.144. The molecule has 0 aromatic heterocycles. The quantitative estimate of drug-likeness (QED) is 0.494. The normalized spacial score (nSPS) is 12.5. The molecule has 0 spiro atoms. The summed E-state index contributed by atoms with van der Waals surface area (Å²) in [6.45, 7) is 5.90. The molecule has 2 aromatic rings. The van der Waals surface area contributed by atoms with Crippen molar-refractivity contribution in [2.45, 2.75) is 26.4 Å². The predicted octanol–water partition coefficient (Wildman–Crippen LogP) is 2.89. The third kappa shape index (κ3) is 3.57. The van der Waals surface area contributed by atoms with E-state index < -0.39 is 17.8 Å². The first-order valence-electron chi connectivity index (χ1n) is 8.32. The van der Waals surface area contributed by atoms with Gasteiger partial charge in [0.15, 0.2) is 0 Å². The van der Waals surface area contributed by atoms with Crippen molar-refractivity contribution < 1.29 is 19.1 Å². The van der Waals surface area contributed by atoms with Crippen LogP contribution in [-0.4, -0.2) is 17.8 Å². The SMILES string of the molecule is C=CCc1ccc(COC(=O)Cc2cccc3c2C(=O)NC3=O)cc1C. The molecule has 3 rings (SSSR count). The molecule has 0 atom stereocenters. The van der Waals surface area contributed by atoms with Crippen LogP contribution in [0.15, 0.2) is 49.1 Å². The minimum Gasteiger partial charge on any atom is -0.461 e. The molecule has 2 aromatic carbocycles. The molecule has 0 fully saturated rings. The van der Waals surface area contributed by atoms with Crippen molar-refractivity contribution in [2.24, 2.45) is 0 Å². The van der Waals surface area contributed by atoms with Crippen LogP contribution in [0.1, 0.15) is 43.0 Å². The highest BCUT2D eigenvalue weighted by Gasteiger charge is 2.29. The van der Waals surface area contributed by atoms with Gasteiger partial charge in [0.25, 0.3) is 11.8 Å². The maximum atomic E-state index is 12.2. The zero-order valence-corrected chi connectivity index (χ0v) is 14.5. The van der Waals surface area contributed by atoms with Crippen molar-refractivity contribution in [1.82, 2.24) is 5.32 Å². The number of hydrogen-bond acceptors (Lipinski definition) is 4. The van der Waals surface area contributed by atoms with E-state index in [2.05, 4.69) is 11.9 Å². The van der Waals surface area contributed by atoms with Crippen LogP contribution in [0.5, 0.6) is 0 Å². The predicted molar refractivity (Wildman–Crippen MR) is 96.8 cm³/mol. The Balaban J connectivity index is 1.66. The number of benzene rings is 2. The number of esters is 1. The van der Waals surface area contributed by atoms with Crippen LogP contribution >= 0.6 is 0 Å². The summed E-state index contributed by atoms with van der Waals surface area (Å²) in [4.78, 5) is 35.7. The lowest BCUT2D eigenvalue weighted by atomic mass is 10.0. The molecule has 1 aliphatic heterocycles. The largest absolute Gasteiger partial charge is 0.461 e. The fourth-order valence-electron chi connectivity index (χ4n) is 3.04. The van der Waals surface area contributed by atoms with E-state index in [-0.39, 0.29) is 18.6 Å². The van der Waals surface area contributed by atoms with E-state index in [0.29, 0.717) is 11.1 Å². The standard InChI is InChI=1S/C21H19NO4/c1-3-5-15-9-8-14(10-13(15)2)12-26-18(23)11-16-6-4-7-17-19(16)21(25)22-20(17)24/h3-4,6-10H,1,5,11-12H2,2H3,(H,22,24,25). The van der Waals surface area contributed by atoms with Gasteiger partial charge in [-0.2, -0.15) is 0 Å². The number of amides is 2. The number of hydrogen-bond donors (Lipinski definition) is 1. The van der Waals surface area contributed by atoms with Crippen LogP contribution in [-0.2, 0) is 29.0 Å². The summed E-state index contributed by atoms with van der Waals surface area (Å²) in [7, 11) is 0. The van der Waals surface area contributed by atoms with Crippen LogP contribution < -0.4 is 5.32 Å². The Kier molecular flexibility index (Phi) is 4.98. The van der Waals surface area contributed by atoms with Crippen LogP contribution in [0.25, 0.3) is 0 Å². The zero-order chi connectivity index (χ0) is 18.7. The van der Waals surface area contributed by atoms with Gasteiger partial charge in [0, 0.05) is 0 Å². The van der Waals surface area contributed by atoms with Crippen molar-refractivity contribution in [1.29, 1.82) is 0 Å². The third-order valence-electron chi connectivity index (χ3n) is 4.36. The maximum Gasteiger partial charge on any atom is 0.310 e. The van der Waals surface area contributed by atoms with Gasteiger partial charge in [-0.15, -0.1) is 6.58 Å². The molecule has 0 bridgehead atoms. The molecule has 26 heavy (non-hydrogen) atoms. The lowest BCUT2D eigenvalue weighted by Crippen LogP contribution is -2.20. The van der Waals surface area contributed by atoms with Crippen molar-refractivity contribution >= 4 is 17.8 Å². The molecule has 5 heteroatoms. The van der Waals surface area contributed by atoms with Gasteiger partial charge in [-0.05, 0) is 41.7 Å². The first-order valence-corrected chi connectivity index (χ1v) is 8.32. The van der Waals surface area contributed by atoms with Crippen molar-refractivity contribution in [3.05, 3.63) is 82.4 Å². The van der Waals surface area contributed by atoms with Gasteiger partial charge in [-0.1, -0.05) is 36.4 Å². The summed E-state index contributed by atoms with van der Waals surface area (Å²) >= 11 is 0. The van der Waals surface area contributed by atoms with E-state index in [1.807, 2.05) is 31.2 Å². The molecule has 0 radical (unpaired) electrons. The van der Waals surface area contributed by atoms with Gasteiger partial charge >= 0.3 is 5.97 Å².